The molecule has 2 aliphatic rings. The van der Waals surface area contributed by atoms with Crippen LogP contribution in [0, 0.1) is 5.82 Å². The second kappa shape index (κ2) is 8.10. The lowest BCUT2D eigenvalue weighted by Crippen LogP contribution is -2.42. The van der Waals surface area contributed by atoms with Gasteiger partial charge in [0.15, 0.2) is 0 Å². The Morgan fingerprint density at radius 2 is 1.54 bits per heavy atom. The Morgan fingerprint density at radius 1 is 0.893 bits per heavy atom. The first-order chi connectivity index (χ1) is 13.5. The highest BCUT2D eigenvalue weighted by Crippen LogP contribution is 2.42. The number of benzene rings is 2. The van der Waals surface area contributed by atoms with Crippen molar-refractivity contribution in [3.8, 4) is 0 Å². The van der Waals surface area contributed by atoms with Gasteiger partial charge in [0, 0.05) is 16.0 Å². The molecule has 3 nitrogen and oxygen atoms in total. The molecule has 0 N–H and O–H groups in total. The van der Waals surface area contributed by atoms with Crippen LogP contribution in [0.4, 0.5) is 4.39 Å². The van der Waals surface area contributed by atoms with Gasteiger partial charge in [-0.2, -0.15) is 0 Å². The summed E-state index contributed by atoms with van der Waals surface area (Å²) in [5, 5.41) is 0.606. The van der Waals surface area contributed by atoms with E-state index in [1.165, 1.54) is 28.8 Å². The van der Waals surface area contributed by atoms with E-state index < -0.39 is 0 Å². The highest BCUT2D eigenvalue weighted by atomic mass is 35.5. The minimum absolute atomic E-state index is 0.0625. The first-order valence-electron chi connectivity index (χ1n) is 9.36. The SMILES string of the molecule is O=C1C(Sc2ccc(Cl)cc2)=C(c2ccc(F)cc2)C(=O)N1C1CCCCC1. The van der Waals surface area contributed by atoms with E-state index in [1.54, 1.807) is 24.3 Å². The smallest absolute Gasteiger partial charge is 0.268 e. The molecule has 2 aromatic carbocycles. The normalized spacial score (nSPS) is 18.3. The molecule has 2 aromatic rings. The largest absolute Gasteiger partial charge is 0.271 e. The van der Waals surface area contributed by atoms with Crippen LogP contribution in [0.1, 0.15) is 37.7 Å². The van der Waals surface area contributed by atoms with Crippen LogP contribution < -0.4 is 0 Å². The Kier molecular flexibility index (Phi) is 5.56. The standard InChI is InChI=1S/C22H19ClFNO2S/c23-15-8-12-18(13-9-15)28-20-19(14-6-10-16(24)11-7-14)21(26)25(22(20)27)17-4-2-1-3-5-17/h6-13,17H,1-5H2. The van der Waals surface area contributed by atoms with E-state index >= 15 is 0 Å². The minimum atomic E-state index is -0.378. The molecule has 0 saturated heterocycles. The van der Waals surface area contributed by atoms with Crippen LogP contribution in [0.2, 0.25) is 5.02 Å². The van der Waals surface area contributed by atoms with Crippen LogP contribution in [0.25, 0.3) is 5.57 Å². The van der Waals surface area contributed by atoms with E-state index in [-0.39, 0.29) is 23.7 Å². The molecule has 1 aliphatic carbocycles. The second-order valence-corrected chi connectivity index (χ2v) is 8.56. The number of halogens is 2. The van der Waals surface area contributed by atoms with E-state index in [1.807, 2.05) is 12.1 Å². The van der Waals surface area contributed by atoms with Gasteiger partial charge in [0.2, 0.25) is 0 Å². The summed E-state index contributed by atoms with van der Waals surface area (Å²) in [6.45, 7) is 0. The molecule has 6 heteroatoms. The van der Waals surface area contributed by atoms with Crippen LogP contribution in [-0.4, -0.2) is 22.8 Å². The van der Waals surface area contributed by atoms with Crippen LogP contribution >= 0.6 is 23.4 Å². The maximum absolute atomic E-state index is 13.4. The number of carbonyl (C=O) groups excluding carboxylic acids is 2. The van der Waals surface area contributed by atoms with Gasteiger partial charge in [-0.15, -0.1) is 0 Å². The summed E-state index contributed by atoms with van der Waals surface area (Å²) in [5.41, 5.74) is 0.921. The lowest BCUT2D eigenvalue weighted by Gasteiger charge is -2.29. The Balaban J connectivity index is 1.74. The first kappa shape index (κ1) is 19.2. The maximum Gasteiger partial charge on any atom is 0.268 e. The van der Waals surface area contributed by atoms with Crippen molar-refractivity contribution >= 4 is 40.8 Å². The zero-order chi connectivity index (χ0) is 19.7. The molecule has 0 radical (unpaired) electrons. The zero-order valence-corrected chi connectivity index (χ0v) is 16.7. The summed E-state index contributed by atoms with van der Waals surface area (Å²) in [6, 6.07) is 12.8. The fourth-order valence-corrected chi connectivity index (χ4v) is 4.91. The third kappa shape index (κ3) is 3.74. The van der Waals surface area contributed by atoms with Gasteiger partial charge in [0.1, 0.15) is 5.82 Å². The lowest BCUT2D eigenvalue weighted by molar-refractivity contribution is -0.139. The van der Waals surface area contributed by atoms with Crippen molar-refractivity contribution in [3.05, 3.63) is 69.8 Å². The van der Waals surface area contributed by atoms with Crippen molar-refractivity contribution in [2.24, 2.45) is 0 Å². The molecule has 1 saturated carbocycles. The molecule has 0 aromatic heterocycles. The molecule has 0 bridgehead atoms. The fraction of sp³-hybridized carbons (Fsp3) is 0.273. The van der Waals surface area contributed by atoms with Crippen LogP contribution in [0.5, 0.6) is 0 Å². The summed E-state index contributed by atoms with van der Waals surface area (Å²) < 4.78 is 13.4. The summed E-state index contributed by atoms with van der Waals surface area (Å²) in [5.74, 6) is -0.909. The van der Waals surface area contributed by atoms with Gasteiger partial charge in [0.25, 0.3) is 11.8 Å². The van der Waals surface area contributed by atoms with Crippen molar-refractivity contribution in [3.63, 3.8) is 0 Å². The maximum atomic E-state index is 13.4. The monoisotopic (exact) mass is 415 g/mol. The molecule has 144 valence electrons. The van der Waals surface area contributed by atoms with Crippen LogP contribution in [-0.2, 0) is 9.59 Å². The topological polar surface area (TPSA) is 37.4 Å². The molecule has 4 rings (SSSR count). The highest BCUT2D eigenvalue weighted by molar-refractivity contribution is 8.04. The average molecular weight is 416 g/mol. The summed E-state index contributed by atoms with van der Waals surface area (Å²) in [6.07, 6.45) is 4.86. The highest BCUT2D eigenvalue weighted by Gasteiger charge is 2.43. The molecule has 0 unspecified atom stereocenters. The number of hydrogen-bond donors (Lipinski definition) is 0. The van der Waals surface area contributed by atoms with Crippen LogP contribution in [0.15, 0.2) is 58.3 Å². The summed E-state index contributed by atoms with van der Waals surface area (Å²) in [7, 11) is 0. The third-order valence-corrected chi connectivity index (χ3v) is 6.52. The zero-order valence-electron chi connectivity index (χ0n) is 15.2. The van der Waals surface area contributed by atoms with Crippen molar-refractivity contribution in [1.82, 2.24) is 4.90 Å². The van der Waals surface area contributed by atoms with Gasteiger partial charge in [-0.1, -0.05) is 54.8 Å². The number of nitrogens with zero attached hydrogens (tertiary/aromatic N) is 1. The number of hydrogen-bond acceptors (Lipinski definition) is 3. The van der Waals surface area contributed by atoms with E-state index in [0.717, 1.165) is 37.0 Å². The van der Waals surface area contributed by atoms with E-state index in [4.69, 9.17) is 11.6 Å². The van der Waals surface area contributed by atoms with Gasteiger partial charge in [-0.05, 0) is 54.8 Å². The minimum Gasteiger partial charge on any atom is -0.271 e. The second-order valence-electron chi connectivity index (χ2n) is 7.04. The molecule has 28 heavy (non-hydrogen) atoms. The predicted octanol–water partition coefficient (Wildman–Crippen LogP) is 5.68. The number of carbonyl (C=O) groups is 2. The van der Waals surface area contributed by atoms with E-state index in [0.29, 0.717) is 21.1 Å². The van der Waals surface area contributed by atoms with Crippen molar-refractivity contribution in [2.75, 3.05) is 0 Å². The Hall–Kier alpha value is -2.11. The van der Waals surface area contributed by atoms with E-state index in [2.05, 4.69) is 0 Å². The number of imide groups is 1. The van der Waals surface area contributed by atoms with Gasteiger partial charge >= 0.3 is 0 Å². The summed E-state index contributed by atoms with van der Waals surface area (Å²) >= 11 is 7.22. The van der Waals surface area contributed by atoms with Crippen molar-refractivity contribution < 1.29 is 14.0 Å². The quantitative estimate of drug-likeness (QED) is 0.602. The molecule has 2 amide bonds. The summed E-state index contributed by atoms with van der Waals surface area (Å²) in [4.78, 5) is 29.2. The van der Waals surface area contributed by atoms with Gasteiger partial charge in [0.05, 0.1) is 10.5 Å². The lowest BCUT2D eigenvalue weighted by atomic mass is 9.94. The average Bonchev–Trinajstić information content (AvgIpc) is 2.95. The molecule has 1 heterocycles. The van der Waals surface area contributed by atoms with Gasteiger partial charge in [-0.25, -0.2) is 4.39 Å². The number of thioether (sulfide) groups is 1. The van der Waals surface area contributed by atoms with Gasteiger partial charge in [-0.3, -0.25) is 14.5 Å². The number of rotatable bonds is 4. The molecule has 1 aliphatic heterocycles. The first-order valence-corrected chi connectivity index (χ1v) is 10.6. The number of amides is 2. The predicted molar refractivity (Wildman–Crippen MR) is 109 cm³/mol. The van der Waals surface area contributed by atoms with Crippen molar-refractivity contribution in [1.29, 1.82) is 0 Å². The molecular formula is C22H19ClFNO2S. The van der Waals surface area contributed by atoms with Crippen LogP contribution in [0.3, 0.4) is 0 Å². The molecule has 0 spiro atoms. The Bertz CT molecular complexity index is 934. The van der Waals surface area contributed by atoms with Gasteiger partial charge < -0.3 is 0 Å². The molecular weight excluding hydrogens is 397 g/mol. The van der Waals surface area contributed by atoms with E-state index in [9.17, 15) is 14.0 Å². The third-order valence-electron chi connectivity index (χ3n) is 5.18. The Morgan fingerprint density at radius 3 is 2.18 bits per heavy atom. The van der Waals surface area contributed by atoms with Crippen molar-refractivity contribution in [2.45, 2.75) is 43.0 Å². The Labute approximate surface area is 172 Å². The molecule has 0 atom stereocenters. The molecule has 1 fully saturated rings. The fourth-order valence-electron chi connectivity index (χ4n) is 3.78.